The number of carboxylic acids is 1. The minimum absolute atomic E-state index is 0.131. The van der Waals surface area contributed by atoms with Gasteiger partial charge in [-0.2, -0.15) is 0 Å². The highest BCUT2D eigenvalue weighted by Crippen LogP contribution is 2.24. The Labute approximate surface area is 105 Å². The van der Waals surface area contributed by atoms with Gasteiger partial charge in [0.15, 0.2) is 0 Å². The van der Waals surface area contributed by atoms with Crippen LogP contribution >= 0.6 is 15.9 Å². The lowest BCUT2D eigenvalue weighted by Crippen LogP contribution is -2.20. The third-order valence-electron chi connectivity index (χ3n) is 2.03. The number of pyridine rings is 1. The van der Waals surface area contributed by atoms with Gasteiger partial charge in [-0.1, -0.05) is 6.92 Å². The molecule has 0 aliphatic rings. The predicted octanol–water partition coefficient (Wildman–Crippen LogP) is 1.88. The molecule has 1 rings (SSSR count). The Bertz CT molecular complexity index is 452. The number of nitrogens with zero attached hydrogens (tertiary/aromatic N) is 2. The average Bonchev–Trinajstić information content (AvgIpc) is 2.26. The molecule has 0 bridgehead atoms. The van der Waals surface area contributed by atoms with Crippen molar-refractivity contribution in [2.45, 2.75) is 6.92 Å². The van der Waals surface area contributed by atoms with Crippen LogP contribution in [0.25, 0.3) is 0 Å². The molecule has 8 heteroatoms. The number of nitro groups is 1. The SMILES string of the molecule is CC(CNc1ncc([N+](=O)[O-])cc1Br)C(=O)O. The number of rotatable bonds is 5. The Hall–Kier alpha value is -1.70. The van der Waals surface area contributed by atoms with Gasteiger partial charge in [-0.15, -0.1) is 0 Å². The zero-order valence-electron chi connectivity index (χ0n) is 8.88. The zero-order chi connectivity index (χ0) is 13.0. The lowest BCUT2D eigenvalue weighted by atomic mass is 10.2. The lowest BCUT2D eigenvalue weighted by molar-refractivity contribution is -0.385. The molecule has 0 aliphatic heterocycles. The molecule has 2 N–H and O–H groups in total. The second-order valence-corrected chi connectivity index (χ2v) is 4.26. The van der Waals surface area contributed by atoms with Gasteiger partial charge < -0.3 is 10.4 Å². The fourth-order valence-electron chi connectivity index (χ4n) is 0.995. The number of hydrogen-bond donors (Lipinski definition) is 2. The highest BCUT2D eigenvalue weighted by Gasteiger charge is 2.13. The summed E-state index contributed by atoms with van der Waals surface area (Å²) in [6, 6.07) is 1.31. The molecule has 1 atom stereocenters. The smallest absolute Gasteiger partial charge is 0.308 e. The normalized spacial score (nSPS) is 11.9. The first-order chi connectivity index (χ1) is 7.91. The van der Waals surface area contributed by atoms with E-state index in [1.807, 2.05) is 0 Å². The van der Waals surface area contributed by atoms with Crippen LogP contribution < -0.4 is 5.32 Å². The minimum Gasteiger partial charge on any atom is -0.481 e. The molecule has 1 unspecified atom stereocenters. The van der Waals surface area contributed by atoms with Crippen molar-refractivity contribution in [3.8, 4) is 0 Å². The fourth-order valence-corrected chi connectivity index (χ4v) is 1.47. The summed E-state index contributed by atoms with van der Waals surface area (Å²) in [5.74, 6) is -1.11. The number of halogens is 1. The molecule has 1 aromatic heterocycles. The Morgan fingerprint density at radius 2 is 2.41 bits per heavy atom. The first-order valence-corrected chi connectivity index (χ1v) is 5.47. The third kappa shape index (κ3) is 3.66. The molecular weight excluding hydrogens is 294 g/mol. The number of carbonyl (C=O) groups is 1. The van der Waals surface area contributed by atoms with Crippen molar-refractivity contribution in [2.24, 2.45) is 5.92 Å². The van der Waals surface area contributed by atoms with Crippen molar-refractivity contribution in [1.29, 1.82) is 0 Å². The summed E-state index contributed by atoms with van der Waals surface area (Å²) in [4.78, 5) is 24.3. The molecule has 0 aliphatic carbocycles. The third-order valence-corrected chi connectivity index (χ3v) is 2.64. The molecule has 0 fully saturated rings. The molecule has 0 aromatic carbocycles. The summed E-state index contributed by atoms with van der Waals surface area (Å²) >= 11 is 3.13. The molecule has 0 saturated heterocycles. The van der Waals surface area contributed by atoms with Crippen LogP contribution in [0.4, 0.5) is 11.5 Å². The standard InChI is InChI=1S/C9H10BrN3O4/c1-5(9(14)15)3-11-8-7(10)2-6(4-12-8)13(16)17/h2,4-5H,3H2,1H3,(H,11,12)(H,14,15). The van der Waals surface area contributed by atoms with Crippen molar-refractivity contribution in [3.63, 3.8) is 0 Å². The summed E-state index contributed by atoms with van der Waals surface area (Å²) in [6.45, 7) is 1.74. The summed E-state index contributed by atoms with van der Waals surface area (Å²) in [6.07, 6.45) is 1.11. The Kier molecular flexibility index (Phi) is 4.38. The van der Waals surface area contributed by atoms with Gasteiger partial charge in [0.1, 0.15) is 12.0 Å². The molecule has 0 spiro atoms. The number of hydrogen-bond acceptors (Lipinski definition) is 5. The van der Waals surface area contributed by atoms with E-state index in [1.165, 1.54) is 6.07 Å². The number of anilines is 1. The topological polar surface area (TPSA) is 105 Å². The first-order valence-electron chi connectivity index (χ1n) is 4.68. The summed E-state index contributed by atoms with van der Waals surface area (Å²) in [7, 11) is 0. The van der Waals surface area contributed by atoms with Crippen LogP contribution in [0, 0.1) is 16.0 Å². The van der Waals surface area contributed by atoms with Crippen LogP contribution in [0.5, 0.6) is 0 Å². The average molecular weight is 304 g/mol. The van der Waals surface area contributed by atoms with E-state index in [2.05, 4.69) is 26.2 Å². The van der Waals surface area contributed by atoms with Gasteiger partial charge in [-0.25, -0.2) is 4.98 Å². The van der Waals surface area contributed by atoms with Gasteiger partial charge in [0.05, 0.1) is 15.3 Å². The maximum atomic E-state index is 10.6. The number of aromatic nitrogens is 1. The van der Waals surface area contributed by atoms with Gasteiger partial charge in [-0.3, -0.25) is 14.9 Å². The molecule has 17 heavy (non-hydrogen) atoms. The molecule has 1 heterocycles. The molecule has 92 valence electrons. The van der Waals surface area contributed by atoms with E-state index in [0.717, 1.165) is 6.20 Å². The summed E-state index contributed by atoms with van der Waals surface area (Å²) in [5, 5.41) is 21.9. The van der Waals surface area contributed by atoms with E-state index < -0.39 is 16.8 Å². The molecule has 1 aromatic rings. The van der Waals surface area contributed by atoms with Gasteiger partial charge in [0.2, 0.25) is 0 Å². The first kappa shape index (κ1) is 13.4. The predicted molar refractivity (Wildman–Crippen MR) is 63.9 cm³/mol. The van der Waals surface area contributed by atoms with Crippen molar-refractivity contribution in [3.05, 3.63) is 26.9 Å². The summed E-state index contributed by atoms with van der Waals surface area (Å²) in [5.41, 5.74) is -0.131. The fraction of sp³-hybridized carbons (Fsp3) is 0.333. The van der Waals surface area contributed by atoms with Crippen LogP contribution in [0.15, 0.2) is 16.7 Å². The van der Waals surface area contributed by atoms with E-state index in [1.54, 1.807) is 6.92 Å². The Balaban J connectivity index is 2.73. The van der Waals surface area contributed by atoms with Gasteiger partial charge in [-0.05, 0) is 15.9 Å². The van der Waals surface area contributed by atoms with Crippen molar-refractivity contribution in [1.82, 2.24) is 4.98 Å². The highest BCUT2D eigenvalue weighted by molar-refractivity contribution is 9.10. The van der Waals surface area contributed by atoms with Crippen LogP contribution in [0.1, 0.15) is 6.92 Å². The quantitative estimate of drug-likeness (QED) is 0.635. The van der Waals surface area contributed by atoms with Crippen molar-refractivity contribution < 1.29 is 14.8 Å². The second-order valence-electron chi connectivity index (χ2n) is 3.40. The van der Waals surface area contributed by atoms with Crippen LogP contribution in [0.2, 0.25) is 0 Å². The molecule has 0 radical (unpaired) electrons. The van der Waals surface area contributed by atoms with Crippen molar-refractivity contribution in [2.75, 3.05) is 11.9 Å². The van der Waals surface area contributed by atoms with E-state index in [9.17, 15) is 14.9 Å². The molecular formula is C9H10BrN3O4. The van der Waals surface area contributed by atoms with E-state index in [0.29, 0.717) is 10.3 Å². The minimum atomic E-state index is -0.921. The van der Waals surface area contributed by atoms with E-state index in [4.69, 9.17) is 5.11 Å². The maximum absolute atomic E-state index is 10.6. The zero-order valence-corrected chi connectivity index (χ0v) is 10.5. The monoisotopic (exact) mass is 303 g/mol. The number of carboxylic acid groups (broad SMARTS) is 1. The summed E-state index contributed by atoms with van der Waals surface area (Å²) < 4.78 is 0.421. The molecule has 0 saturated carbocycles. The van der Waals surface area contributed by atoms with Crippen LogP contribution in [0.3, 0.4) is 0 Å². The van der Waals surface area contributed by atoms with Crippen LogP contribution in [-0.4, -0.2) is 27.5 Å². The van der Waals surface area contributed by atoms with Gasteiger partial charge >= 0.3 is 5.97 Å². The Morgan fingerprint density at radius 1 is 1.76 bits per heavy atom. The number of nitrogens with one attached hydrogen (secondary N) is 1. The molecule has 0 amide bonds. The number of aliphatic carboxylic acids is 1. The van der Waals surface area contributed by atoms with E-state index in [-0.39, 0.29) is 12.2 Å². The second kappa shape index (κ2) is 5.58. The maximum Gasteiger partial charge on any atom is 0.308 e. The largest absolute Gasteiger partial charge is 0.481 e. The van der Waals surface area contributed by atoms with Crippen molar-refractivity contribution >= 4 is 33.4 Å². The van der Waals surface area contributed by atoms with E-state index >= 15 is 0 Å². The Morgan fingerprint density at radius 3 is 2.88 bits per heavy atom. The lowest BCUT2D eigenvalue weighted by Gasteiger charge is -2.09. The molecule has 7 nitrogen and oxygen atoms in total. The van der Waals surface area contributed by atoms with Gasteiger partial charge in [0, 0.05) is 12.6 Å². The van der Waals surface area contributed by atoms with Gasteiger partial charge in [0.25, 0.3) is 5.69 Å². The highest BCUT2D eigenvalue weighted by atomic mass is 79.9. The van der Waals surface area contributed by atoms with Crippen LogP contribution in [-0.2, 0) is 4.79 Å².